The summed E-state index contributed by atoms with van der Waals surface area (Å²) in [4.78, 5) is 24.4. The summed E-state index contributed by atoms with van der Waals surface area (Å²) in [6.45, 7) is 4.01. The van der Waals surface area contributed by atoms with Crippen molar-refractivity contribution < 1.29 is 14.7 Å². The molecule has 1 saturated carbocycles. The van der Waals surface area contributed by atoms with Crippen LogP contribution in [0, 0.1) is 11.3 Å². The topological polar surface area (TPSA) is 57.6 Å². The summed E-state index contributed by atoms with van der Waals surface area (Å²) in [5.41, 5.74) is -0.151. The molecule has 1 unspecified atom stereocenters. The van der Waals surface area contributed by atoms with Gasteiger partial charge >= 0.3 is 5.97 Å². The van der Waals surface area contributed by atoms with E-state index >= 15 is 0 Å². The summed E-state index contributed by atoms with van der Waals surface area (Å²) in [6.07, 6.45) is 3.86. The quantitative estimate of drug-likeness (QED) is 0.752. The lowest BCUT2D eigenvalue weighted by molar-refractivity contribution is -0.143. The first-order valence-electron chi connectivity index (χ1n) is 5.91. The highest BCUT2D eigenvalue weighted by Crippen LogP contribution is 2.50. The molecule has 1 rings (SSSR count). The van der Waals surface area contributed by atoms with Gasteiger partial charge in [0.1, 0.15) is 0 Å². The lowest BCUT2D eigenvalue weighted by atomic mass is 9.98. The van der Waals surface area contributed by atoms with Crippen molar-refractivity contribution in [3.63, 3.8) is 0 Å². The first-order chi connectivity index (χ1) is 7.43. The Morgan fingerprint density at radius 2 is 2.00 bits per heavy atom. The fourth-order valence-corrected chi connectivity index (χ4v) is 2.18. The molecule has 0 aliphatic heterocycles. The van der Waals surface area contributed by atoms with E-state index in [-0.39, 0.29) is 11.3 Å². The van der Waals surface area contributed by atoms with E-state index in [9.17, 15) is 9.59 Å². The third kappa shape index (κ3) is 2.74. The zero-order chi connectivity index (χ0) is 12.3. The van der Waals surface area contributed by atoms with E-state index in [0.717, 1.165) is 25.7 Å². The second-order valence-electron chi connectivity index (χ2n) is 4.96. The number of carbonyl (C=O) groups is 2. The van der Waals surface area contributed by atoms with Crippen LogP contribution in [0.4, 0.5) is 0 Å². The number of carboxylic acids is 1. The van der Waals surface area contributed by atoms with E-state index in [1.807, 2.05) is 0 Å². The maximum Gasteiger partial charge on any atom is 0.308 e. The van der Waals surface area contributed by atoms with E-state index < -0.39 is 11.9 Å². The van der Waals surface area contributed by atoms with E-state index in [0.29, 0.717) is 6.54 Å². The van der Waals surface area contributed by atoms with E-state index in [1.165, 1.54) is 0 Å². The molecule has 1 aliphatic carbocycles. The van der Waals surface area contributed by atoms with Gasteiger partial charge in [-0.25, -0.2) is 0 Å². The monoisotopic (exact) mass is 227 g/mol. The fraction of sp³-hybridized carbons (Fsp3) is 0.833. The second kappa shape index (κ2) is 4.85. The van der Waals surface area contributed by atoms with Crippen LogP contribution in [0.2, 0.25) is 0 Å². The molecule has 0 bridgehead atoms. The molecule has 16 heavy (non-hydrogen) atoms. The van der Waals surface area contributed by atoms with Gasteiger partial charge in [0.2, 0.25) is 5.91 Å². The van der Waals surface area contributed by atoms with Gasteiger partial charge in [0.05, 0.1) is 5.92 Å². The lowest BCUT2D eigenvalue weighted by Gasteiger charge is -2.24. The number of rotatable bonds is 6. The second-order valence-corrected chi connectivity index (χ2v) is 4.96. The van der Waals surface area contributed by atoms with E-state index in [1.54, 1.807) is 18.9 Å². The number of hydrogen-bond acceptors (Lipinski definition) is 2. The number of nitrogens with zero attached hydrogens (tertiary/aromatic N) is 1. The van der Waals surface area contributed by atoms with Gasteiger partial charge in [-0.1, -0.05) is 20.3 Å². The van der Waals surface area contributed by atoms with Gasteiger partial charge in [0, 0.05) is 19.0 Å². The molecular weight excluding hydrogens is 206 g/mol. The van der Waals surface area contributed by atoms with Crippen LogP contribution in [0.3, 0.4) is 0 Å². The van der Waals surface area contributed by atoms with Crippen molar-refractivity contribution in [2.45, 2.75) is 39.5 Å². The van der Waals surface area contributed by atoms with Crippen LogP contribution >= 0.6 is 0 Å². The minimum absolute atomic E-state index is 0.127. The third-order valence-electron chi connectivity index (χ3n) is 3.35. The highest BCUT2D eigenvalue weighted by molar-refractivity contribution is 5.85. The maximum atomic E-state index is 12.1. The molecule has 0 spiro atoms. The highest BCUT2D eigenvalue weighted by Gasteiger charge is 2.50. The summed E-state index contributed by atoms with van der Waals surface area (Å²) in [5, 5.41) is 8.80. The molecule has 4 heteroatoms. The molecule has 0 saturated heterocycles. The average molecular weight is 227 g/mol. The molecule has 1 amide bonds. The molecule has 1 fully saturated rings. The summed E-state index contributed by atoms with van der Waals surface area (Å²) < 4.78 is 0. The molecule has 0 heterocycles. The van der Waals surface area contributed by atoms with Crippen LogP contribution in [0.1, 0.15) is 39.5 Å². The van der Waals surface area contributed by atoms with Gasteiger partial charge in [-0.05, 0) is 19.3 Å². The van der Waals surface area contributed by atoms with Crippen LogP contribution in [0.15, 0.2) is 0 Å². The van der Waals surface area contributed by atoms with Gasteiger partial charge < -0.3 is 10.0 Å². The smallest absolute Gasteiger partial charge is 0.308 e. The summed E-state index contributed by atoms with van der Waals surface area (Å²) in [5.74, 6) is -1.21. The Kier molecular flexibility index (Phi) is 3.94. The number of carbonyl (C=O) groups excluding carboxylic acids is 1. The molecule has 0 aromatic carbocycles. The fourth-order valence-electron chi connectivity index (χ4n) is 2.18. The average Bonchev–Trinajstić information content (AvgIpc) is 2.98. The standard InChI is InChI=1S/C12H21NO3/c1-4-5-12(6-7-12)11(16)13(3)8-9(2)10(14)15/h9H,4-8H2,1-3H3,(H,14,15). The van der Waals surface area contributed by atoms with Gasteiger partial charge in [0.15, 0.2) is 0 Å². The summed E-state index contributed by atoms with van der Waals surface area (Å²) in [7, 11) is 1.71. The van der Waals surface area contributed by atoms with Crippen molar-refractivity contribution in [1.82, 2.24) is 4.90 Å². The van der Waals surface area contributed by atoms with E-state index in [4.69, 9.17) is 5.11 Å². The number of aliphatic carboxylic acids is 1. The van der Waals surface area contributed by atoms with E-state index in [2.05, 4.69) is 6.92 Å². The maximum absolute atomic E-state index is 12.1. The molecule has 1 N–H and O–H groups in total. The van der Waals surface area contributed by atoms with Crippen LogP contribution in [0.25, 0.3) is 0 Å². The number of hydrogen-bond donors (Lipinski definition) is 1. The van der Waals surface area contributed by atoms with Crippen LogP contribution in [0.5, 0.6) is 0 Å². The Morgan fingerprint density at radius 3 is 2.38 bits per heavy atom. The Balaban J connectivity index is 2.51. The van der Waals surface area contributed by atoms with Crippen molar-refractivity contribution in [3.05, 3.63) is 0 Å². The predicted octanol–water partition coefficient (Wildman–Crippen LogP) is 1.75. The van der Waals surface area contributed by atoms with Gasteiger partial charge in [0.25, 0.3) is 0 Å². The molecule has 1 aliphatic rings. The van der Waals surface area contributed by atoms with Crippen molar-refractivity contribution in [2.24, 2.45) is 11.3 Å². The summed E-state index contributed by atoms with van der Waals surface area (Å²) >= 11 is 0. The third-order valence-corrected chi connectivity index (χ3v) is 3.35. The molecule has 92 valence electrons. The SMILES string of the molecule is CCCC1(C(=O)N(C)CC(C)C(=O)O)CC1. The van der Waals surface area contributed by atoms with Crippen LogP contribution in [-0.2, 0) is 9.59 Å². The van der Waals surface area contributed by atoms with Gasteiger partial charge in [-0.3, -0.25) is 9.59 Å². The predicted molar refractivity (Wildman–Crippen MR) is 61.0 cm³/mol. The van der Waals surface area contributed by atoms with Crippen LogP contribution in [-0.4, -0.2) is 35.5 Å². The minimum atomic E-state index is -0.847. The van der Waals surface area contributed by atoms with Gasteiger partial charge in [-0.15, -0.1) is 0 Å². The van der Waals surface area contributed by atoms with Crippen molar-refractivity contribution in [2.75, 3.05) is 13.6 Å². The Hall–Kier alpha value is -1.06. The molecule has 0 aromatic heterocycles. The number of carboxylic acid groups (broad SMARTS) is 1. The van der Waals surface area contributed by atoms with Gasteiger partial charge in [-0.2, -0.15) is 0 Å². The Labute approximate surface area is 96.6 Å². The van der Waals surface area contributed by atoms with Crippen molar-refractivity contribution in [3.8, 4) is 0 Å². The summed E-state index contributed by atoms with van der Waals surface area (Å²) in [6, 6.07) is 0. The first-order valence-corrected chi connectivity index (χ1v) is 5.91. The largest absolute Gasteiger partial charge is 0.481 e. The molecule has 4 nitrogen and oxygen atoms in total. The lowest BCUT2D eigenvalue weighted by Crippen LogP contribution is -2.38. The molecular formula is C12H21NO3. The molecule has 0 radical (unpaired) electrons. The zero-order valence-electron chi connectivity index (χ0n) is 10.3. The van der Waals surface area contributed by atoms with Crippen molar-refractivity contribution >= 4 is 11.9 Å². The molecule has 1 atom stereocenters. The minimum Gasteiger partial charge on any atom is -0.481 e. The zero-order valence-corrected chi connectivity index (χ0v) is 10.3. The Bertz CT molecular complexity index is 284. The van der Waals surface area contributed by atoms with Crippen LogP contribution < -0.4 is 0 Å². The Morgan fingerprint density at radius 1 is 1.44 bits per heavy atom. The normalized spacial score (nSPS) is 18.9. The highest BCUT2D eigenvalue weighted by atomic mass is 16.4. The first kappa shape index (κ1) is 13.0. The number of amides is 1. The van der Waals surface area contributed by atoms with Crippen molar-refractivity contribution in [1.29, 1.82) is 0 Å². The molecule has 0 aromatic rings.